The summed E-state index contributed by atoms with van der Waals surface area (Å²) in [6.07, 6.45) is 3.77. The van der Waals surface area contributed by atoms with Gasteiger partial charge in [-0.3, -0.25) is 0 Å². The number of nitrogens with zero attached hydrogens (tertiary/aromatic N) is 2. The van der Waals surface area contributed by atoms with E-state index in [0.29, 0.717) is 5.92 Å². The van der Waals surface area contributed by atoms with Crippen LogP contribution in [0.4, 0.5) is 4.79 Å². The molecule has 2 fully saturated rings. The first-order valence-corrected chi connectivity index (χ1v) is 6.81. The monoisotopic (exact) mass is 250 g/mol. The molecule has 1 heterocycles. The average molecular weight is 250 g/mol. The van der Waals surface area contributed by atoms with E-state index in [2.05, 4.69) is 6.07 Å². The third kappa shape index (κ3) is 2.60. The highest BCUT2D eigenvalue weighted by Crippen LogP contribution is 2.40. The molecule has 100 valence electrons. The summed E-state index contributed by atoms with van der Waals surface area (Å²) in [5, 5.41) is 9.16. The van der Waals surface area contributed by atoms with Crippen LogP contribution in [0.15, 0.2) is 0 Å². The lowest BCUT2D eigenvalue weighted by atomic mass is 9.77. The topological polar surface area (TPSA) is 53.3 Å². The molecule has 1 amide bonds. The fraction of sp³-hybridized carbons (Fsp3) is 0.857. The zero-order valence-corrected chi connectivity index (χ0v) is 11.5. The molecule has 18 heavy (non-hydrogen) atoms. The number of carbonyl (C=O) groups excluding carboxylic acids is 1. The van der Waals surface area contributed by atoms with Crippen LogP contribution in [0.1, 0.15) is 46.5 Å². The number of carbonyl (C=O) groups is 1. The van der Waals surface area contributed by atoms with Gasteiger partial charge in [-0.1, -0.05) is 6.42 Å². The molecule has 4 heteroatoms. The van der Waals surface area contributed by atoms with E-state index < -0.39 is 5.60 Å². The summed E-state index contributed by atoms with van der Waals surface area (Å²) in [6, 6.07) is 2.62. The molecular formula is C14H22N2O2. The predicted octanol–water partition coefficient (Wildman–Crippen LogP) is 2.94. The molecular weight excluding hydrogens is 228 g/mol. The van der Waals surface area contributed by atoms with Crippen molar-refractivity contribution in [2.24, 2.45) is 11.8 Å². The Bertz CT molecular complexity index is 367. The van der Waals surface area contributed by atoms with Gasteiger partial charge in [-0.2, -0.15) is 5.26 Å². The maximum Gasteiger partial charge on any atom is 0.410 e. The van der Waals surface area contributed by atoms with Crippen molar-refractivity contribution in [3.8, 4) is 6.07 Å². The maximum absolute atomic E-state index is 12.1. The Kier molecular flexibility index (Phi) is 3.52. The number of amides is 1. The van der Waals surface area contributed by atoms with Gasteiger partial charge in [0, 0.05) is 12.6 Å². The number of fused-ring (bicyclic) bond motifs is 1. The smallest absolute Gasteiger partial charge is 0.410 e. The Labute approximate surface area is 109 Å². The molecule has 0 aromatic rings. The lowest BCUT2D eigenvalue weighted by Gasteiger charge is -2.35. The van der Waals surface area contributed by atoms with Crippen LogP contribution >= 0.6 is 0 Å². The zero-order valence-electron chi connectivity index (χ0n) is 11.5. The first-order chi connectivity index (χ1) is 8.42. The number of nitriles is 1. The van der Waals surface area contributed by atoms with Gasteiger partial charge in [0.05, 0.1) is 12.0 Å². The summed E-state index contributed by atoms with van der Waals surface area (Å²) in [7, 11) is 0. The van der Waals surface area contributed by atoms with Gasteiger partial charge in [-0.25, -0.2) is 4.79 Å². The third-order valence-electron chi connectivity index (χ3n) is 3.92. The van der Waals surface area contributed by atoms with Gasteiger partial charge in [0.1, 0.15) is 5.60 Å². The Morgan fingerprint density at radius 2 is 2.06 bits per heavy atom. The Morgan fingerprint density at radius 1 is 1.33 bits per heavy atom. The van der Waals surface area contributed by atoms with Crippen molar-refractivity contribution in [3.05, 3.63) is 0 Å². The molecule has 0 N–H and O–H groups in total. The van der Waals surface area contributed by atoms with Gasteiger partial charge in [0.15, 0.2) is 0 Å². The quantitative estimate of drug-likeness (QED) is 0.664. The molecule has 0 aromatic carbocycles. The van der Waals surface area contributed by atoms with E-state index in [1.54, 1.807) is 0 Å². The van der Waals surface area contributed by atoms with Crippen molar-refractivity contribution in [1.29, 1.82) is 5.26 Å². The van der Waals surface area contributed by atoms with Crippen LogP contribution in [0.3, 0.4) is 0 Å². The average Bonchev–Trinajstić information content (AvgIpc) is 2.69. The fourth-order valence-corrected chi connectivity index (χ4v) is 3.19. The Morgan fingerprint density at radius 3 is 2.67 bits per heavy atom. The first kappa shape index (κ1) is 13.2. The summed E-state index contributed by atoms with van der Waals surface area (Å²) in [6.45, 7) is 6.40. The lowest BCUT2D eigenvalue weighted by molar-refractivity contribution is 0.0168. The van der Waals surface area contributed by atoms with E-state index in [0.717, 1.165) is 32.2 Å². The van der Waals surface area contributed by atoms with Crippen molar-refractivity contribution in [2.75, 3.05) is 6.54 Å². The molecule has 1 saturated carbocycles. The minimum atomic E-state index is -0.446. The molecule has 3 atom stereocenters. The third-order valence-corrected chi connectivity index (χ3v) is 3.92. The van der Waals surface area contributed by atoms with Crippen LogP contribution in [0.25, 0.3) is 0 Å². The molecule has 0 radical (unpaired) electrons. The van der Waals surface area contributed by atoms with Crippen LogP contribution in [-0.2, 0) is 4.74 Å². The molecule has 0 bridgehead atoms. The standard InChI is InChI=1S/C14H22N2O2/c1-14(2,3)18-13(17)16-8-7-11-10(9-15)5-4-6-12(11)16/h10-12H,4-8H2,1-3H3/t10-,11+,12-/m1/s1. The summed E-state index contributed by atoms with van der Waals surface area (Å²) in [4.78, 5) is 14.0. The summed E-state index contributed by atoms with van der Waals surface area (Å²) < 4.78 is 5.44. The molecule has 1 aliphatic heterocycles. The number of ether oxygens (including phenoxy) is 1. The molecule has 2 aliphatic rings. The van der Waals surface area contributed by atoms with Crippen LogP contribution in [0.5, 0.6) is 0 Å². The summed E-state index contributed by atoms with van der Waals surface area (Å²) >= 11 is 0. The van der Waals surface area contributed by atoms with Gasteiger partial charge >= 0.3 is 6.09 Å². The lowest BCUT2D eigenvalue weighted by Crippen LogP contribution is -2.43. The van der Waals surface area contributed by atoms with Crippen LogP contribution in [-0.4, -0.2) is 29.2 Å². The first-order valence-electron chi connectivity index (χ1n) is 6.81. The van der Waals surface area contributed by atoms with Crippen molar-refractivity contribution in [2.45, 2.75) is 58.1 Å². The highest BCUT2D eigenvalue weighted by molar-refractivity contribution is 5.69. The predicted molar refractivity (Wildman–Crippen MR) is 67.8 cm³/mol. The molecule has 1 aliphatic carbocycles. The zero-order chi connectivity index (χ0) is 13.3. The second kappa shape index (κ2) is 4.79. The van der Waals surface area contributed by atoms with Gasteiger partial charge in [0.25, 0.3) is 0 Å². The van der Waals surface area contributed by atoms with Gasteiger partial charge in [-0.15, -0.1) is 0 Å². The Hall–Kier alpha value is -1.24. The van der Waals surface area contributed by atoms with E-state index in [9.17, 15) is 4.79 Å². The SMILES string of the molecule is CC(C)(C)OC(=O)N1CC[C@@H]2[C@H]1CCC[C@@H]2C#N. The van der Waals surface area contributed by atoms with E-state index in [4.69, 9.17) is 10.00 Å². The number of hydrogen-bond acceptors (Lipinski definition) is 3. The Balaban J connectivity index is 2.04. The highest BCUT2D eigenvalue weighted by atomic mass is 16.6. The van der Waals surface area contributed by atoms with E-state index >= 15 is 0 Å². The molecule has 4 nitrogen and oxygen atoms in total. The number of hydrogen-bond donors (Lipinski definition) is 0. The van der Waals surface area contributed by atoms with Crippen molar-refractivity contribution >= 4 is 6.09 Å². The maximum atomic E-state index is 12.1. The van der Waals surface area contributed by atoms with E-state index in [1.807, 2.05) is 25.7 Å². The number of rotatable bonds is 0. The van der Waals surface area contributed by atoms with Gasteiger partial charge in [0.2, 0.25) is 0 Å². The van der Waals surface area contributed by atoms with Crippen molar-refractivity contribution < 1.29 is 9.53 Å². The summed E-state index contributed by atoms with van der Waals surface area (Å²) in [5.41, 5.74) is -0.446. The minimum Gasteiger partial charge on any atom is -0.444 e. The highest BCUT2D eigenvalue weighted by Gasteiger charge is 2.44. The summed E-state index contributed by atoms with van der Waals surface area (Å²) in [5.74, 6) is 0.479. The largest absolute Gasteiger partial charge is 0.444 e. The van der Waals surface area contributed by atoms with Crippen LogP contribution < -0.4 is 0 Å². The van der Waals surface area contributed by atoms with E-state index in [1.165, 1.54) is 0 Å². The molecule has 1 saturated heterocycles. The second-order valence-corrected chi connectivity index (χ2v) is 6.36. The van der Waals surface area contributed by atoms with Crippen molar-refractivity contribution in [3.63, 3.8) is 0 Å². The minimum absolute atomic E-state index is 0.121. The normalized spacial score (nSPS) is 31.7. The molecule has 0 aromatic heterocycles. The second-order valence-electron chi connectivity index (χ2n) is 6.36. The molecule has 0 spiro atoms. The van der Waals surface area contributed by atoms with E-state index in [-0.39, 0.29) is 18.1 Å². The fourth-order valence-electron chi connectivity index (χ4n) is 3.19. The molecule has 0 unspecified atom stereocenters. The number of likely N-dealkylation sites (tertiary alicyclic amines) is 1. The van der Waals surface area contributed by atoms with Crippen LogP contribution in [0.2, 0.25) is 0 Å². The van der Waals surface area contributed by atoms with Crippen LogP contribution in [0, 0.1) is 23.2 Å². The van der Waals surface area contributed by atoms with Gasteiger partial charge in [-0.05, 0) is 46.0 Å². The van der Waals surface area contributed by atoms with Crippen molar-refractivity contribution in [1.82, 2.24) is 4.90 Å². The molecule has 2 rings (SSSR count). The van der Waals surface area contributed by atoms with Gasteiger partial charge < -0.3 is 9.64 Å².